The van der Waals surface area contributed by atoms with Crippen molar-refractivity contribution in [2.45, 2.75) is 32.2 Å². The van der Waals surface area contributed by atoms with Crippen LogP contribution in [-0.2, 0) is 11.3 Å². The minimum atomic E-state index is -0.411. The lowest BCUT2D eigenvalue weighted by atomic mass is 9.83. The van der Waals surface area contributed by atoms with E-state index in [0.29, 0.717) is 12.3 Å². The summed E-state index contributed by atoms with van der Waals surface area (Å²) in [5.41, 5.74) is 0.866. The maximum Gasteiger partial charge on any atom is 0.374 e. The van der Waals surface area contributed by atoms with Gasteiger partial charge < -0.3 is 14.5 Å². The van der Waals surface area contributed by atoms with Crippen molar-refractivity contribution in [3.05, 3.63) is 23.7 Å². The molecule has 0 saturated heterocycles. The maximum atomic E-state index is 11.3. The number of ether oxygens (including phenoxy) is 1. The Labute approximate surface area is 101 Å². The zero-order valence-electron chi connectivity index (χ0n) is 10.2. The van der Waals surface area contributed by atoms with Crippen LogP contribution in [0.2, 0.25) is 0 Å². The number of hydrogen-bond donors (Lipinski definition) is 1. The minimum absolute atomic E-state index is 0.309. The van der Waals surface area contributed by atoms with Gasteiger partial charge in [0.05, 0.1) is 13.4 Å². The molecule has 0 amide bonds. The van der Waals surface area contributed by atoms with Crippen LogP contribution in [0.25, 0.3) is 0 Å². The average molecular weight is 237 g/mol. The van der Waals surface area contributed by atoms with Crippen LogP contribution in [0.3, 0.4) is 0 Å². The highest BCUT2D eigenvalue weighted by Gasteiger charge is 2.17. The van der Waals surface area contributed by atoms with Crippen LogP contribution in [-0.4, -0.2) is 19.6 Å². The fourth-order valence-electron chi connectivity index (χ4n) is 2.06. The molecule has 94 valence electrons. The van der Waals surface area contributed by atoms with E-state index < -0.39 is 5.97 Å². The lowest BCUT2D eigenvalue weighted by Crippen LogP contribution is -2.21. The van der Waals surface area contributed by atoms with Crippen molar-refractivity contribution in [1.29, 1.82) is 0 Å². The fraction of sp³-hybridized carbons (Fsp3) is 0.615. The van der Waals surface area contributed by atoms with Gasteiger partial charge in [0.1, 0.15) is 0 Å². The average Bonchev–Trinajstić information content (AvgIpc) is 2.73. The Hall–Kier alpha value is -1.29. The molecule has 2 rings (SSSR count). The number of hydrogen-bond acceptors (Lipinski definition) is 4. The number of esters is 1. The summed E-state index contributed by atoms with van der Waals surface area (Å²) in [6.45, 7) is 1.66. The van der Waals surface area contributed by atoms with E-state index in [0.717, 1.165) is 18.0 Å². The van der Waals surface area contributed by atoms with Crippen molar-refractivity contribution in [2.75, 3.05) is 13.7 Å². The van der Waals surface area contributed by atoms with Crippen LogP contribution in [0.4, 0.5) is 0 Å². The third-order valence-corrected chi connectivity index (χ3v) is 3.39. The predicted octanol–water partition coefficient (Wildman–Crippen LogP) is 2.35. The molecule has 0 aliphatic heterocycles. The Kier molecular flexibility index (Phi) is 4.20. The molecule has 0 atom stereocenters. The largest absolute Gasteiger partial charge is 0.463 e. The second kappa shape index (κ2) is 5.87. The number of carbonyl (C=O) groups is 1. The van der Waals surface area contributed by atoms with E-state index in [1.54, 1.807) is 0 Å². The van der Waals surface area contributed by atoms with Crippen molar-refractivity contribution in [3.63, 3.8) is 0 Å². The van der Waals surface area contributed by atoms with Gasteiger partial charge in [0, 0.05) is 12.1 Å². The van der Waals surface area contributed by atoms with Gasteiger partial charge in [-0.05, 0) is 24.9 Å². The van der Waals surface area contributed by atoms with Gasteiger partial charge in [-0.2, -0.15) is 0 Å². The van der Waals surface area contributed by atoms with Gasteiger partial charge in [-0.15, -0.1) is 0 Å². The Balaban J connectivity index is 1.74. The molecule has 0 spiro atoms. The van der Waals surface area contributed by atoms with E-state index in [4.69, 9.17) is 4.42 Å². The topological polar surface area (TPSA) is 51.5 Å². The first-order valence-corrected chi connectivity index (χ1v) is 6.16. The van der Waals surface area contributed by atoms with E-state index in [-0.39, 0.29) is 0 Å². The SMILES string of the molecule is COC(=O)c1occc1CNCCC1CCC1. The first-order valence-electron chi connectivity index (χ1n) is 6.16. The molecule has 17 heavy (non-hydrogen) atoms. The van der Waals surface area contributed by atoms with Crippen LogP contribution in [0, 0.1) is 5.92 Å². The predicted molar refractivity (Wildman–Crippen MR) is 63.7 cm³/mol. The molecule has 1 saturated carbocycles. The third-order valence-electron chi connectivity index (χ3n) is 3.39. The summed E-state index contributed by atoms with van der Waals surface area (Å²) in [6, 6.07) is 1.81. The van der Waals surface area contributed by atoms with Crippen molar-refractivity contribution in [3.8, 4) is 0 Å². The number of methoxy groups -OCH3 is 1. The molecule has 1 aliphatic carbocycles. The zero-order chi connectivity index (χ0) is 12.1. The zero-order valence-corrected chi connectivity index (χ0v) is 10.2. The Morgan fingerprint density at radius 3 is 3.06 bits per heavy atom. The quantitative estimate of drug-likeness (QED) is 0.609. The third kappa shape index (κ3) is 3.09. The van der Waals surface area contributed by atoms with Gasteiger partial charge in [-0.1, -0.05) is 19.3 Å². The van der Waals surface area contributed by atoms with Crippen LogP contribution < -0.4 is 5.32 Å². The van der Waals surface area contributed by atoms with E-state index in [9.17, 15) is 4.79 Å². The molecule has 0 bridgehead atoms. The Bertz CT molecular complexity index is 368. The van der Waals surface area contributed by atoms with E-state index in [1.807, 2.05) is 6.07 Å². The van der Waals surface area contributed by atoms with Crippen molar-refractivity contribution in [2.24, 2.45) is 5.92 Å². The van der Waals surface area contributed by atoms with Gasteiger partial charge in [-0.25, -0.2) is 4.79 Å². The molecule has 1 aromatic heterocycles. The number of rotatable bonds is 6. The highest BCUT2D eigenvalue weighted by Crippen LogP contribution is 2.28. The molecule has 1 aromatic rings. The molecule has 4 nitrogen and oxygen atoms in total. The summed E-state index contributed by atoms with van der Waals surface area (Å²) >= 11 is 0. The summed E-state index contributed by atoms with van der Waals surface area (Å²) in [4.78, 5) is 11.3. The van der Waals surface area contributed by atoms with Crippen molar-refractivity contribution < 1.29 is 13.9 Å². The summed E-state index contributed by atoms with van der Waals surface area (Å²) in [7, 11) is 1.36. The maximum absolute atomic E-state index is 11.3. The Morgan fingerprint density at radius 2 is 2.41 bits per heavy atom. The Morgan fingerprint density at radius 1 is 1.59 bits per heavy atom. The highest BCUT2D eigenvalue weighted by molar-refractivity contribution is 5.87. The summed E-state index contributed by atoms with van der Waals surface area (Å²) in [5.74, 6) is 0.807. The van der Waals surface area contributed by atoms with E-state index in [2.05, 4.69) is 10.1 Å². The van der Waals surface area contributed by atoms with Crippen molar-refractivity contribution in [1.82, 2.24) is 5.32 Å². The van der Waals surface area contributed by atoms with Gasteiger partial charge in [0.15, 0.2) is 0 Å². The summed E-state index contributed by atoms with van der Waals surface area (Å²) in [6.07, 6.45) is 6.89. The lowest BCUT2D eigenvalue weighted by Gasteiger charge is -2.25. The number of nitrogens with one attached hydrogen (secondary N) is 1. The standard InChI is InChI=1S/C13H19NO3/c1-16-13(15)12-11(6-8-17-12)9-14-7-5-10-3-2-4-10/h6,8,10,14H,2-5,7,9H2,1H3. The smallest absolute Gasteiger partial charge is 0.374 e. The lowest BCUT2D eigenvalue weighted by molar-refractivity contribution is 0.0563. The molecule has 0 radical (unpaired) electrons. The normalized spacial score (nSPS) is 15.6. The van der Waals surface area contributed by atoms with Gasteiger partial charge in [0.2, 0.25) is 5.76 Å². The van der Waals surface area contributed by atoms with Gasteiger partial charge >= 0.3 is 5.97 Å². The molecule has 1 heterocycles. The van der Waals surface area contributed by atoms with E-state index >= 15 is 0 Å². The van der Waals surface area contributed by atoms with Crippen LogP contribution in [0.1, 0.15) is 41.8 Å². The fourth-order valence-corrected chi connectivity index (χ4v) is 2.06. The molecular formula is C13H19NO3. The molecule has 0 aromatic carbocycles. The summed E-state index contributed by atoms with van der Waals surface area (Å²) < 4.78 is 9.76. The molecule has 1 N–H and O–H groups in total. The monoisotopic (exact) mass is 237 g/mol. The molecular weight excluding hydrogens is 218 g/mol. The minimum Gasteiger partial charge on any atom is -0.463 e. The second-order valence-corrected chi connectivity index (χ2v) is 4.53. The molecule has 4 heteroatoms. The van der Waals surface area contributed by atoms with E-state index in [1.165, 1.54) is 39.1 Å². The number of carbonyl (C=O) groups excluding carboxylic acids is 1. The first-order chi connectivity index (χ1) is 8.31. The van der Waals surface area contributed by atoms with Crippen molar-refractivity contribution >= 4 is 5.97 Å². The molecule has 1 fully saturated rings. The van der Waals surface area contributed by atoms with Crippen LogP contribution in [0.5, 0.6) is 0 Å². The first kappa shape index (κ1) is 12.2. The van der Waals surface area contributed by atoms with Crippen LogP contribution in [0.15, 0.2) is 16.7 Å². The highest BCUT2D eigenvalue weighted by atomic mass is 16.5. The van der Waals surface area contributed by atoms with Gasteiger partial charge in [0.25, 0.3) is 0 Å². The molecule has 0 unspecified atom stereocenters. The van der Waals surface area contributed by atoms with Gasteiger partial charge in [-0.3, -0.25) is 0 Å². The summed E-state index contributed by atoms with van der Waals surface area (Å²) in [5, 5.41) is 3.34. The molecule has 1 aliphatic rings. The van der Waals surface area contributed by atoms with Crippen LogP contribution >= 0.6 is 0 Å². The second-order valence-electron chi connectivity index (χ2n) is 4.53. The number of furan rings is 1.